The Morgan fingerprint density at radius 2 is 1.67 bits per heavy atom. The number of methoxy groups -OCH3 is 2. The summed E-state index contributed by atoms with van der Waals surface area (Å²) < 4.78 is 10.6. The average molecular weight is 293 g/mol. The highest BCUT2D eigenvalue weighted by molar-refractivity contribution is 5.27. The van der Waals surface area contributed by atoms with Crippen LogP contribution in [-0.2, 0) is 11.2 Å². The third kappa shape index (κ3) is 6.96. The molecule has 2 unspecified atom stereocenters. The Kier molecular flexibility index (Phi) is 8.40. The van der Waals surface area contributed by atoms with Crippen molar-refractivity contribution in [2.75, 3.05) is 33.9 Å². The Labute approximate surface area is 130 Å². The van der Waals surface area contributed by atoms with Crippen molar-refractivity contribution in [3.8, 4) is 5.75 Å². The second-order valence-corrected chi connectivity index (χ2v) is 6.30. The van der Waals surface area contributed by atoms with E-state index in [0.717, 1.165) is 31.9 Å². The molecule has 21 heavy (non-hydrogen) atoms. The molecule has 0 radical (unpaired) electrons. The molecule has 1 rings (SSSR count). The summed E-state index contributed by atoms with van der Waals surface area (Å²) in [4.78, 5) is 0. The van der Waals surface area contributed by atoms with E-state index in [1.165, 1.54) is 5.56 Å². The van der Waals surface area contributed by atoms with Crippen LogP contribution in [0.4, 0.5) is 0 Å². The van der Waals surface area contributed by atoms with Crippen molar-refractivity contribution in [3.05, 3.63) is 29.8 Å². The molecule has 0 saturated carbocycles. The molecule has 3 nitrogen and oxygen atoms in total. The van der Waals surface area contributed by atoms with E-state index in [4.69, 9.17) is 9.47 Å². The van der Waals surface area contributed by atoms with Crippen molar-refractivity contribution in [3.63, 3.8) is 0 Å². The molecule has 1 aromatic rings. The predicted octanol–water partition coefficient (Wildman–Crippen LogP) is 3.38. The minimum atomic E-state index is 0.539. The van der Waals surface area contributed by atoms with Gasteiger partial charge in [-0.05, 0) is 55.0 Å². The van der Waals surface area contributed by atoms with E-state index in [-0.39, 0.29) is 0 Å². The summed E-state index contributed by atoms with van der Waals surface area (Å²) in [6.07, 6.45) is 1.07. The van der Waals surface area contributed by atoms with Crippen LogP contribution in [-0.4, -0.2) is 33.9 Å². The molecule has 0 heterocycles. The smallest absolute Gasteiger partial charge is 0.118 e. The van der Waals surface area contributed by atoms with Gasteiger partial charge in [0.05, 0.1) is 7.11 Å². The van der Waals surface area contributed by atoms with E-state index < -0.39 is 0 Å². The van der Waals surface area contributed by atoms with Gasteiger partial charge in [-0.2, -0.15) is 0 Å². The number of rotatable bonds is 10. The summed E-state index contributed by atoms with van der Waals surface area (Å²) in [6.45, 7) is 9.67. The zero-order valence-electron chi connectivity index (χ0n) is 14.2. The van der Waals surface area contributed by atoms with Crippen LogP contribution in [0.15, 0.2) is 24.3 Å². The Morgan fingerprint density at radius 1 is 1.00 bits per heavy atom. The van der Waals surface area contributed by atoms with Gasteiger partial charge in [0.2, 0.25) is 0 Å². The first-order chi connectivity index (χ1) is 10.1. The van der Waals surface area contributed by atoms with E-state index in [1.54, 1.807) is 14.2 Å². The Morgan fingerprint density at radius 3 is 2.19 bits per heavy atom. The van der Waals surface area contributed by atoms with Gasteiger partial charge in [-0.3, -0.25) is 0 Å². The van der Waals surface area contributed by atoms with Gasteiger partial charge in [0.1, 0.15) is 5.75 Å². The van der Waals surface area contributed by atoms with Crippen LogP contribution in [0.5, 0.6) is 5.75 Å². The first kappa shape index (κ1) is 18.0. The van der Waals surface area contributed by atoms with Crippen LogP contribution >= 0.6 is 0 Å². The molecule has 0 aromatic heterocycles. The first-order valence-corrected chi connectivity index (χ1v) is 7.89. The lowest BCUT2D eigenvalue weighted by molar-refractivity contribution is 0.128. The lowest BCUT2D eigenvalue weighted by atomic mass is 9.88. The second kappa shape index (κ2) is 9.80. The highest BCUT2D eigenvalue weighted by atomic mass is 16.5. The topological polar surface area (TPSA) is 30.5 Å². The summed E-state index contributed by atoms with van der Waals surface area (Å²) in [6, 6.07) is 8.39. The minimum absolute atomic E-state index is 0.539. The van der Waals surface area contributed by atoms with Crippen LogP contribution in [0.3, 0.4) is 0 Å². The fourth-order valence-corrected chi connectivity index (χ4v) is 2.50. The van der Waals surface area contributed by atoms with Crippen LogP contribution < -0.4 is 10.1 Å². The molecule has 2 atom stereocenters. The lowest BCUT2D eigenvalue weighted by Crippen LogP contribution is -2.32. The number of hydrogen-bond acceptors (Lipinski definition) is 3. The van der Waals surface area contributed by atoms with E-state index in [0.29, 0.717) is 17.8 Å². The van der Waals surface area contributed by atoms with Crippen molar-refractivity contribution >= 4 is 0 Å². The van der Waals surface area contributed by atoms with Crippen LogP contribution in [0.1, 0.15) is 26.3 Å². The summed E-state index contributed by atoms with van der Waals surface area (Å²) in [5.74, 6) is 2.72. The highest BCUT2D eigenvalue weighted by Crippen LogP contribution is 2.20. The van der Waals surface area contributed by atoms with Gasteiger partial charge in [-0.15, -0.1) is 0 Å². The van der Waals surface area contributed by atoms with E-state index >= 15 is 0 Å². The molecule has 1 aromatic carbocycles. The summed E-state index contributed by atoms with van der Waals surface area (Å²) in [5.41, 5.74) is 1.36. The molecule has 0 aliphatic rings. The molecule has 0 amide bonds. The molecular formula is C18H31NO2. The fraction of sp³-hybridized carbons (Fsp3) is 0.667. The van der Waals surface area contributed by atoms with Gasteiger partial charge >= 0.3 is 0 Å². The average Bonchev–Trinajstić information content (AvgIpc) is 2.47. The Balaban J connectivity index is 2.61. The number of hydrogen-bond donors (Lipinski definition) is 1. The van der Waals surface area contributed by atoms with Crippen molar-refractivity contribution in [2.24, 2.45) is 17.8 Å². The highest BCUT2D eigenvalue weighted by Gasteiger charge is 2.18. The van der Waals surface area contributed by atoms with Crippen LogP contribution in [0.2, 0.25) is 0 Å². The van der Waals surface area contributed by atoms with Crippen molar-refractivity contribution in [2.45, 2.75) is 27.2 Å². The number of ether oxygens (including phenoxy) is 2. The quantitative estimate of drug-likeness (QED) is 0.717. The van der Waals surface area contributed by atoms with E-state index in [2.05, 4.69) is 38.2 Å². The van der Waals surface area contributed by atoms with Gasteiger partial charge in [0.25, 0.3) is 0 Å². The SMILES string of the molecule is COCC(C)C(CNCC(C)C)Cc1ccc(OC)cc1. The Bertz CT molecular complexity index is 375. The molecule has 0 spiro atoms. The molecule has 0 bridgehead atoms. The molecule has 0 aliphatic carbocycles. The first-order valence-electron chi connectivity index (χ1n) is 7.89. The molecule has 0 fully saturated rings. The third-order valence-corrected chi connectivity index (χ3v) is 3.85. The van der Waals surface area contributed by atoms with Crippen LogP contribution in [0, 0.1) is 17.8 Å². The second-order valence-electron chi connectivity index (χ2n) is 6.30. The Hall–Kier alpha value is -1.06. The normalized spacial score (nSPS) is 14.2. The van der Waals surface area contributed by atoms with E-state index in [9.17, 15) is 0 Å². The van der Waals surface area contributed by atoms with Crippen molar-refractivity contribution in [1.82, 2.24) is 5.32 Å². The van der Waals surface area contributed by atoms with Gasteiger partial charge < -0.3 is 14.8 Å². The maximum atomic E-state index is 5.34. The van der Waals surface area contributed by atoms with Gasteiger partial charge in [-0.1, -0.05) is 32.9 Å². The minimum Gasteiger partial charge on any atom is -0.497 e. The molecule has 0 aliphatic heterocycles. The zero-order valence-corrected chi connectivity index (χ0v) is 14.2. The lowest BCUT2D eigenvalue weighted by Gasteiger charge is -2.24. The van der Waals surface area contributed by atoms with Crippen molar-refractivity contribution in [1.29, 1.82) is 0 Å². The monoisotopic (exact) mass is 293 g/mol. The third-order valence-electron chi connectivity index (χ3n) is 3.85. The molecule has 1 N–H and O–H groups in total. The maximum absolute atomic E-state index is 5.34. The van der Waals surface area contributed by atoms with E-state index in [1.807, 2.05) is 12.1 Å². The van der Waals surface area contributed by atoms with Crippen LogP contribution in [0.25, 0.3) is 0 Å². The van der Waals surface area contributed by atoms with Gasteiger partial charge in [-0.25, -0.2) is 0 Å². The number of benzene rings is 1. The summed E-state index contributed by atoms with van der Waals surface area (Å²) in [7, 11) is 3.48. The van der Waals surface area contributed by atoms with Crippen molar-refractivity contribution < 1.29 is 9.47 Å². The fourth-order valence-electron chi connectivity index (χ4n) is 2.50. The van der Waals surface area contributed by atoms with Gasteiger partial charge in [0.15, 0.2) is 0 Å². The molecule has 0 saturated heterocycles. The number of nitrogens with one attached hydrogen (secondary N) is 1. The largest absolute Gasteiger partial charge is 0.497 e. The summed E-state index contributed by atoms with van der Waals surface area (Å²) >= 11 is 0. The molecule has 120 valence electrons. The summed E-state index contributed by atoms with van der Waals surface area (Å²) in [5, 5.41) is 3.59. The molecular weight excluding hydrogens is 262 g/mol. The zero-order chi connectivity index (χ0) is 15.7. The predicted molar refractivity (Wildman–Crippen MR) is 88.9 cm³/mol. The van der Waals surface area contributed by atoms with Gasteiger partial charge in [0, 0.05) is 13.7 Å². The maximum Gasteiger partial charge on any atom is 0.118 e. The molecule has 3 heteroatoms. The standard InChI is InChI=1S/C18H31NO2/c1-14(2)11-19-12-17(15(3)13-20-4)10-16-6-8-18(21-5)9-7-16/h6-9,14-15,17,19H,10-13H2,1-5H3.